The van der Waals surface area contributed by atoms with E-state index in [2.05, 4.69) is 30.4 Å². The van der Waals surface area contributed by atoms with Crippen LogP contribution in [-0.4, -0.2) is 82.6 Å². The molecule has 4 aromatic heterocycles. The van der Waals surface area contributed by atoms with Crippen molar-refractivity contribution in [2.24, 2.45) is 0 Å². The summed E-state index contributed by atoms with van der Waals surface area (Å²) in [6, 6.07) is 3.95. The van der Waals surface area contributed by atoms with Crippen LogP contribution in [0.25, 0.3) is 22.4 Å². The lowest BCUT2D eigenvalue weighted by molar-refractivity contribution is 0.0178. The van der Waals surface area contributed by atoms with Crippen molar-refractivity contribution in [3.8, 4) is 17.4 Å². The van der Waals surface area contributed by atoms with Crippen LogP contribution in [0.1, 0.15) is 32.7 Å². The molecule has 38 heavy (non-hydrogen) atoms. The molecule has 14 nitrogen and oxygen atoms in total. The Balaban J connectivity index is 1.23. The minimum atomic E-state index is -3.48. The van der Waals surface area contributed by atoms with Gasteiger partial charge in [0.05, 0.1) is 48.0 Å². The number of anilines is 2. The number of pyridine rings is 1. The molecule has 0 atom stereocenters. The van der Waals surface area contributed by atoms with Gasteiger partial charge in [-0.2, -0.15) is 14.2 Å². The number of amides is 1. The minimum absolute atomic E-state index is 0.0232. The quantitative estimate of drug-likeness (QED) is 0.337. The lowest BCUT2D eigenvalue weighted by Crippen LogP contribution is -2.55. The molecule has 15 heteroatoms. The van der Waals surface area contributed by atoms with E-state index < -0.39 is 16.1 Å². The van der Waals surface area contributed by atoms with E-state index in [4.69, 9.17) is 9.84 Å². The van der Waals surface area contributed by atoms with Crippen molar-refractivity contribution in [3.05, 3.63) is 36.9 Å². The van der Waals surface area contributed by atoms with Crippen LogP contribution >= 0.6 is 0 Å². The lowest BCUT2D eigenvalue weighted by atomic mass is 10.2. The fraction of sp³-hybridized carbons (Fsp3) is 0.391. The first kappa shape index (κ1) is 24.1. The second-order valence-corrected chi connectivity index (χ2v) is 11.7. The van der Waals surface area contributed by atoms with Gasteiger partial charge in [-0.15, -0.1) is 0 Å². The Morgan fingerprint density at radius 2 is 1.95 bits per heavy atom. The molecule has 4 aromatic rings. The third kappa shape index (κ3) is 4.38. The number of hydrogen-bond donors (Lipinski definition) is 2. The van der Waals surface area contributed by atoms with Crippen molar-refractivity contribution in [1.29, 1.82) is 0 Å². The molecule has 2 fully saturated rings. The second kappa shape index (κ2) is 8.93. The number of imidazole rings is 1. The molecule has 1 aliphatic heterocycles. The highest BCUT2D eigenvalue weighted by Gasteiger charge is 2.38. The first-order chi connectivity index (χ1) is 18.2. The SMILES string of the molecule is CC(C)n1c(OC2CN(C(=O)O)C2)nc2cnc(Nc3ccnc(-c4cnn(S(=O)(=O)C5CC5)c4)n3)cc21. The van der Waals surface area contributed by atoms with E-state index >= 15 is 0 Å². The molecular weight excluding hydrogens is 514 g/mol. The van der Waals surface area contributed by atoms with Gasteiger partial charge in [0.2, 0.25) is 0 Å². The van der Waals surface area contributed by atoms with E-state index in [1.807, 2.05) is 24.5 Å². The van der Waals surface area contributed by atoms with Crippen LogP contribution in [0.4, 0.5) is 16.4 Å². The first-order valence-electron chi connectivity index (χ1n) is 12.1. The molecule has 0 unspecified atom stereocenters. The van der Waals surface area contributed by atoms with Crippen LogP contribution in [0.15, 0.2) is 36.9 Å². The maximum absolute atomic E-state index is 12.4. The fourth-order valence-corrected chi connectivity index (χ4v) is 5.70. The summed E-state index contributed by atoms with van der Waals surface area (Å²) in [4.78, 5) is 30.1. The van der Waals surface area contributed by atoms with E-state index in [-0.39, 0.29) is 17.4 Å². The highest BCUT2D eigenvalue weighted by Crippen LogP contribution is 2.31. The summed E-state index contributed by atoms with van der Waals surface area (Å²) in [7, 11) is -3.48. The van der Waals surface area contributed by atoms with Gasteiger partial charge in [-0.25, -0.2) is 28.2 Å². The summed E-state index contributed by atoms with van der Waals surface area (Å²) in [6.45, 7) is 4.60. The van der Waals surface area contributed by atoms with Gasteiger partial charge in [0.25, 0.3) is 16.0 Å². The Kier molecular flexibility index (Phi) is 5.66. The second-order valence-electron chi connectivity index (χ2n) is 9.58. The number of ether oxygens (including phenoxy) is 1. The maximum atomic E-state index is 12.4. The molecule has 2 aliphatic rings. The Labute approximate surface area is 217 Å². The molecule has 0 aromatic carbocycles. The number of fused-ring (bicyclic) bond motifs is 1. The van der Waals surface area contributed by atoms with Gasteiger partial charge >= 0.3 is 6.09 Å². The number of carboxylic acid groups (broad SMARTS) is 1. The van der Waals surface area contributed by atoms with Gasteiger partial charge in [0, 0.05) is 18.3 Å². The third-order valence-corrected chi connectivity index (χ3v) is 8.42. The zero-order valence-electron chi connectivity index (χ0n) is 20.6. The summed E-state index contributed by atoms with van der Waals surface area (Å²) < 4.78 is 33.8. The van der Waals surface area contributed by atoms with E-state index in [1.165, 1.54) is 17.3 Å². The van der Waals surface area contributed by atoms with Crippen molar-refractivity contribution in [3.63, 3.8) is 0 Å². The van der Waals surface area contributed by atoms with Gasteiger partial charge in [0.15, 0.2) is 5.82 Å². The topological polar surface area (TPSA) is 170 Å². The van der Waals surface area contributed by atoms with E-state index in [9.17, 15) is 13.2 Å². The molecule has 0 radical (unpaired) electrons. The normalized spacial score (nSPS) is 16.1. The molecular formula is C23H25N9O5S. The molecule has 198 valence electrons. The number of carbonyl (C=O) groups is 1. The van der Waals surface area contributed by atoms with Gasteiger partial charge in [0.1, 0.15) is 23.3 Å². The van der Waals surface area contributed by atoms with Gasteiger partial charge in [-0.3, -0.25) is 4.57 Å². The van der Waals surface area contributed by atoms with Crippen molar-refractivity contribution >= 4 is 38.8 Å². The molecule has 1 amide bonds. The molecule has 6 rings (SSSR count). The molecule has 1 aliphatic carbocycles. The van der Waals surface area contributed by atoms with E-state index in [1.54, 1.807) is 18.5 Å². The van der Waals surface area contributed by atoms with E-state index in [0.717, 1.165) is 9.60 Å². The summed E-state index contributed by atoms with van der Waals surface area (Å²) >= 11 is 0. The van der Waals surface area contributed by atoms with Gasteiger partial charge < -0.3 is 20.1 Å². The average molecular weight is 540 g/mol. The summed E-state index contributed by atoms with van der Waals surface area (Å²) in [5, 5.41) is 15.9. The molecule has 0 spiro atoms. The summed E-state index contributed by atoms with van der Waals surface area (Å²) in [6.07, 6.45) is 6.14. The lowest BCUT2D eigenvalue weighted by Gasteiger charge is -2.36. The van der Waals surface area contributed by atoms with E-state index in [0.29, 0.717) is 60.5 Å². The standard InChI is InChI=1S/C23H25N9O5S/c1-13(2)32-18-7-20(25-9-17(18)27-22(32)37-15-11-30(12-15)23(33)34)28-19-5-6-24-21(29-19)14-8-26-31(10-14)38(35,36)16-3-4-16/h5-10,13,15-16H,3-4,11-12H2,1-2H3,(H,33,34)(H,24,25,28,29). The fourth-order valence-electron chi connectivity index (χ4n) is 4.22. The predicted molar refractivity (Wildman–Crippen MR) is 136 cm³/mol. The van der Waals surface area contributed by atoms with Crippen LogP contribution in [0.2, 0.25) is 0 Å². The molecule has 5 heterocycles. The van der Waals surface area contributed by atoms with Crippen LogP contribution in [-0.2, 0) is 10.0 Å². The molecule has 2 N–H and O–H groups in total. The number of likely N-dealkylation sites (tertiary alicyclic amines) is 1. The van der Waals surface area contributed by atoms with Crippen LogP contribution in [0.3, 0.4) is 0 Å². The number of rotatable bonds is 8. The molecule has 0 bridgehead atoms. The van der Waals surface area contributed by atoms with Crippen molar-refractivity contribution < 1.29 is 23.1 Å². The van der Waals surface area contributed by atoms with Gasteiger partial charge in [-0.05, 0) is 32.8 Å². The number of aromatic nitrogens is 7. The Morgan fingerprint density at radius 1 is 1.16 bits per heavy atom. The van der Waals surface area contributed by atoms with Crippen molar-refractivity contribution in [2.75, 3.05) is 18.4 Å². The number of nitrogens with zero attached hydrogens (tertiary/aromatic N) is 8. The Hall–Kier alpha value is -4.27. The highest BCUT2D eigenvalue weighted by molar-refractivity contribution is 7.90. The van der Waals surface area contributed by atoms with Crippen LogP contribution in [0.5, 0.6) is 6.01 Å². The van der Waals surface area contributed by atoms with Crippen LogP contribution in [0, 0.1) is 0 Å². The highest BCUT2D eigenvalue weighted by atomic mass is 32.2. The zero-order chi connectivity index (χ0) is 26.6. The van der Waals surface area contributed by atoms with Crippen molar-refractivity contribution in [1.82, 2.24) is 38.6 Å². The molecule has 1 saturated heterocycles. The smallest absolute Gasteiger partial charge is 0.407 e. The van der Waals surface area contributed by atoms with Crippen LogP contribution < -0.4 is 10.1 Å². The Morgan fingerprint density at radius 3 is 2.66 bits per heavy atom. The zero-order valence-corrected chi connectivity index (χ0v) is 21.4. The first-order valence-corrected chi connectivity index (χ1v) is 13.6. The largest absolute Gasteiger partial charge is 0.465 e. The Bertz CT molecular complexity index is 1640. The maximum Gasteiger partial charge on any atom is 0.407 e. The predicted octanol–water partition coefficient (Wildman–Crippen LogP) is 2.49. The van der Waals surface area contributed by atoms with Gasteiger partial charge in [-0.1, -0.05) is 0 Å². The monoisotopic (exact) mass is 539 g/mol. The number of hydrogen-bond acceptors (Lipinski definition) is 10. The number of nitrogens with one attached hydrogen (secondary N) is 1. The summed E-state index contributed by atoms with van der Waals surface area (Å²) in [5.74, 6) is 1.31. The molecule has 1 saturated carbocycles. The van der Waals surface area contributed by atoms with Crippen molar-refractivity contribution in [2.45, 2.75) is 44.1 Å². The summed E-state index contributed by atoms with van der Waals surface area (Å²) in [5.41, 5.74) is 1.92. The third-order valence-electron chi connectivity index (χ3n) is 6.39. The minimum Gasteiger partial charge on any atom is -0.465 e. The average Bonchev–Trinajstić information content (AvgIpc) is 3.48.